The Kier molecular flexibility index (Phi) is 6.09. The number of carbonyl (C=O) groups is 1. The summed E-state index contributed by atoms with van der Waals surface area (Å²) in [6.07, 6.45) is 9.71. The van der Waals surface area contributed by atoms with Crippen molar-refractivity contribution in [2.45, 2.75) is 57.4 Å². The summed E-state index contributed by atoms with van der Waals surface area (Å²) in [5, 5.41) is 3.22. The van der Waals surface area contributed by atoms with E-state index in [0.717, 1.165) is 26.1 Å². The highest BCUT2D eigenvalue weighted by molar-refractivity contribution is 5.76. The van der Waals surface area contributed by atoms with Crippen LogP contribution in [0.1, 0.15) is 63.0 Å². The van der Waals surface area contributed by atoms with Gasteiger partial charge in [0, 0.05) is 13.0 Å². The van der Waals surface area contributed by atoms with Crippen molar-refractivity contribution in [2.75, 3.05) is 19.6 Å². The van der Waals surface area contributed by atoms with Crippen LogP contribution in [-0.2, 0) is 4.79 Å². The number of carbonyl (C=O) groups excluding carboxylic acids is 1. The molecule has 0 aromatic heterocycles. The minimum atomic E-state index is 0.247. The molecule has 3 nitrogen and oxygen atoms in total. The summed E-state index contributed by atoms with van der Waals surface area (Å²) in [5.41, 5.74) is 1.33. The highest BCUT2D eigenvalue weighted by atomic mass is 16.1. The summed E-state index contributed by atoms with van der Waals surface area (Å²) in [6.45, 7) is 3.05. The van der Waals surface area contributed by atoms with Crippen LogP contribution in [0.25, 0.3) is 0 Å². The molecule has 1 saturated carbocycles. The van der Waals surface area contributed by atoms with Gasteiger partial charge in [-0.1, -0.05) is 49.6 Å². The van der Waals surface area contributed by atoms with Crippen molar-refractivity contribution in [1.82, 2.24) is 10.2 Å². The predicted octanol–water partition coefficient (Wildman–Crippen LogP) is 3.91. The van der Waals surface area contributed by atoms with Crippen LogP contribution in [0.4, 0.5) is 0 Å². The normalized spacial score (nSPS) is 21.2. The lowest BCUT2D eigenvalue weighted by Crippen LogP contribution is -2.37. The quantitative estimate of drug-likeness (QED) is 0.863. The number of hydrogen-bond donors (Lipinski definition) is 1. The summed E-state index contributed by atoms with van der Waals surface area (Å²) in [7, 11) is 0. The topological polar surface area (TPSA) is 32.3 Å². The molecule has 3 rings (SSSR count). The number of rotatable bonds is 6. The summed E-state index contributed by atoms with van der Waals surface area (Å²) in [6, 6.07) is 11.0. The van der Waals surface area contributed by atoms with Gasteiger partial charge in [0.05, 0.1) is 6.04 Å². The van der Waals surface area contributed by atoms with E-state index in [9.17, 15) is 4.79 Å². The molecule has 1 unspecified atom stereocenters. The van der Waals surface area contributed by atoms with Crippen LogP contribution >= 0.6 is 0 Å². The zero-order valence-corrected chi connectivity index (χ0v) is 14.2. The van der Waals surface area contributed by atoms with E-state index >= 15 is 0 Å². The van der Waals surface area contributed by atoms with E-state index < -0.39 is 0 Å². The molecule has 1 atom stereocenters. The molecule has 1 N–H and O–H groups in total. The Labute approximate surface area is 140 Å². The summed E-state index contributed by atoms with van der Waals surface area (Å²) in [4.78, 5) is 14.9. The molecule has 1 amide bonds. The lowest BCUT2D eigenvalue weighted by molar-refractivity contribution is -0.122. The van der Waals surface area contributed by atoms with Gasteiger partial charge in [-0.2, -0.15) is 0 Å². The van der Waals surface area contributed by atoms with E-state index in [2.05, 4.69) is 40.5 Å². The zero-order chi connectivity index (χ0) is 15.9. The van der Waals surface area contributed by atoms with Crippen molar-refractivity contribution in [2.24, 2.45) is 5.92 Å². The molecule has 1 aliphatic heterocycles. The van der Waals surface area contributed by atoms with Crippen LogP contribution in [0, 0.1) is 5.92 Å². The van der Waals surface area contributed by atoms with Crippen LogP contribution in [0.2, 0.25) is 0 Å². The molecule has 0 spiro atoms. The van der Waals surface area contributed by atoms with Gasteiger partial charge in [0.2, 0.25) is 5.91 Å². The van der Waals surface area contributed by atoms with Crippen LogP contribution in [0.15, 0.2) is 30.3 Å². The van der Waals surface area contributed by atoms with Crippen molar-refractivity contribution in [1.29, 1.82) is 0 Å². The van der Waals surface area contributed by atoms with Gasteiger partial charge in [-0.25, -0.2) is 0 Å². The smallest absolute Gasteiger partial charge is 0.220 e. The first-order chi connectivity index (χ1) is 11.3. The Bertz CT molecular complexity index is 476. The number of nitrogens with zero attached hydrogens (tertiary/aromatic N) is 1. The maximum atomic E-state index is 12.3. The maximum absolute atomic E-state index is 12.3. The minimum Gasteiger partial charge on any atom is -0.354 e. The SMILES string of the molecule is O=C(CC1CCCCC1)NCC(c1ccccc1)N1CCCC1. The van der Waals surface area contributed by atoms with E-state index in [0.29, 0.717) is 12.0 Å². The van der Waals surface area contributed by atoms with E-state index in [1.54, 1.807) is 0 Å². The first-order valence-electron chi connectivity index (χ1n) is 9.38. The zero-order valence-electron chi connectivity index (χ0n) is 14.2. The lowest BCUT2D eigenvalue weighted by atomic mass is 9.87. The predicted molar refractivity (Wildman–Crippen MR) is 94.2 cm³/mol. The second-order valence-electron chi connectivity index (χ2n) is 7.18. The fraction of sp³-hybridized carbons (Fsp3) is 0.650. The number of hydrogen-bond acceptors (Lipinski definition) is 2. The molecule has 0 radical (unpaired) electrons. The van der Waals surface area contributed by atoms with E-state index in [1.165, 1.54) is 50.5 Å². The number of benzene rings is 1. The molecule has 126 valence electrons. The molecular formula is C20H30N2O. The van der Waals surface area contributed by atoms with Crippen LogP contribution in [0.5, 0.6) is 0 Å². The second-order valence-corrected chi connectivity index (χ2v) is 7.18. The standard InChI is InChI=1S/C20H30N2O/c23-20(15-17-9-3-1-4-10-17)21-16-19(22-13-7-8-14-22)18-11-5-2-6-12-18/h2,5-6,11-12,17,19H,1,3-4,7-10,13-16H2,(H,21,23). The Morgan fingerprint density at radius 1 is 1.04 bits per heavy atom. The third-order valence-electron chi connectivity index (χ3n) is 5.46. The maximum Gasteiger partial charge on any atom is 0.220 e. The number of likely N-dealkylation sites (tertiary alicyclic amines) is 1. The van der Waals surface area contributed by atoms with Crippen LogP contribution in [-0.4, -0.2) is 30.4 Å². The highest BCUT2D eigenvalue weighted by Gasteiger charge is 2.24. The average molecular weight is 314 g/mol. The summed E-state index contributed by atoms with van der Waals surface area (Å²) >= 11 is 0. The Morgan fingerprint density at radius 3 is 2.43 bits per heavy atom. The fourth-order valence-corrected chi connectivity index (χ4v) is 4.12. The van der Waals surface area contributed by atoms with Gasteiger partial charge in [-0.05, 0) is 50.3 Å². The Morgan fingerprint density at radius 2 is 1.74 bits per heavy atom. The summed E-state index contributed by atoms with van der Waals surface area (Å²) < 4.78 is 0. The van der Waals surface area contributed by atoms with Crippen LogP contribution < -0.4 is 5.32 Å². The monoisotopic (exact) mass is 314 g/mol. The molecule has 2 fully saturated rings. The molecule has 3 heteroatoms. The first-order valence-corrected chi connectivity index (χ1v) is 9.38. The van der Waals surface area contributed by atoms with Crippen molar-refractivity contribution in [3.8, 4) is 0 Å². The molecule has 1 heterocycles. The lowest BCUT2D eigenvalue weighted by Gasteiger charge is -2.28. The van der Waals surface area contributed by atoms with Crippen LogP contribution in [0.3, 0.4) is 0 Å². The van der Waals surface area contributed by atoms with Gasteiger partial charge < -0.3 is 5.32 Å². The third kappa shape index (κ3) is 4.81. The number of amides is 1. The van der Waals surface area contributed by atoms with Crippen molar-refractivity contribution in [3.05, 3.63) is 35.9 Å². The highest BCUT2D eigenvalue weighted by Crippen LogP contribution is 2.27. The number of nitrogens with one attached hydrogen (secondary N) is 1. The summed E-state index contributed by atoms with van der Waals surface area (Å²) in [5.74, 6) is 0.864. The second kappa shape index (κ2) is 8.49. The van der Waals surface area contributed by atoms with Gasteiger partial charge in [0.1, 0.15) is 0 Å². The Hall–Kier alpha value is -1.35. The molecule has 1 aliphatic carbocycles. The van der Waals surface area contributed by atoms with E-state index in [4.69, 9.17) is 0 Å². The van der Waals surface area contributed by atoms with Gasteiger partial charge >= 0.3 is 0 Å². The minimum absolute atomic E-state index is 0.247. The third-order valence-corrected chi connectivity index (χ3v) is 5.46. The molecular weight excluding hydrogens is 284 g/mol. The van der Waals surface area contributed by atoms with Gasteiger partial charge in [-0.3, -0.25) is 9.69 Å². The first kappa shape index (κ1) is 16.5. The van der Waals surface area contributed by atoms with Crippen molar-refractivity contribution >= 4 is 5.91 Å². The molecule has 1 aromatic carbocycles. The average Bonchev–Trinajstić information content (AvgIpc) is 3.11. The Balaban J connectivity index is 1.54. The van der Waals surface area contributed by atoms with Gasteiger partial charge in [0.15, 0.2) is 0 Å². The van der Waals surface area contributed by atoms with E-state index in [-0.39, 0.29) is 5.91 Å². The largest absolute Gasteiger partial charge is 0.354 e. The molecule has 23 heavy (non-hydrogen) atoms. The van der Waals surface area contributed by atoms with Crippen molar-refractivity contribution < 1.29 is 4.79 Å². The molecule has 2 aliphatic rings. The molecule has 1 saturated heterocycles. The molecule has 0 bridgehead atoms. The van der Waals surface area contributed by atoms with Gasteiger partial charge in [-0.15, -0.1) is 0 Å². The fourth-order valence-electron chi connectivity index (χ4n) is 4.12. The molecule has 1 aromatic rings. The van der Waals surface area contributed by atoms with E-state index in [1.807, 2.05) is 0 Å². The van der Waals surface area contributed by atoms with Gasteiger partial charge in [0.25, 0.3) is 0 Å². The van der Waals surface area contributed by atoms with Crippen molar-refractivity contribution in [3.63, 3.8) is 0 Å².